The maximum Gasteiger partial charge on any atom is 0.338 e. The highest BCUT2D eigenvalue weighted by molar-refractivity contribution is 6.00. The standard InChI is InChI=1S/C22H26O7/c1-14(2)12-28-19-9-7-16(11-21(19)27-5)22(24)29-13-17(23)15-6-8-18(25-3)20(10-15)26-4/h6-11,14H,12-13H2,1-5H3. The lowest BCUT2D eigenvalue weighted by Crippen LogP contribution is -2.14. The summed E-state index contributed by atoms with van der Waals surface area (Å²) in [6, 6.07) is 9.49. The van der Waals surface area contributed by atoms with Crippen molar-refractivity contribution in [1.82, 2.24) is 0 Å². The molecule has 2 rings (SSSR count). The number of ketones is 1. The molecule has 7 nitrogen and oxygen atoms in total. The molecule has 0 unspecified atom stereocenters. The largest absolute Gasteiger partial charge is 0.493 e. The van der Waals surface area contributed by atoms with E-state index >= 15 is 0 Å². The quantitative estimate of drug-likeness (QED) is 0.442. The maximum absolute atomic E-state index is 12.4. The zero-order valence-electron chi connectivity index (χ0n) is 17.3. The topological polar surface area (TPSA) is 80.3 Å². The fraction of sp³-hybridized carbons (Fsp3) is 0.364. The van der Waals surface area contributed by atoms with Gasteiger partial charge in [0.05, 0.1) is 33.5 Å². The van der Waals surface area contributed by atoms with Gasteiger partial charge in [-0.1, -0.05) is 13.8 Å². The van der Waals surface area contributed by atoms with Crippen LogP contribution in [0.15, 0.2) is 36.4 Å². The minimum absolute atomic E-state index is 0.263. The molecule has 0 fully saturated rings. The van der Waals surface area contributed by atoms with Crippen molar-refractivity contribution in [3.63, 3.8) is 0 Å². The van der Waals surface area contributed by atoms with Crippen LogP contribution in [0.25, 0.3) is 0 Å². The van der Waals surface area contributed by atoms with Crippen LogP contribution < -0.4 is 18.9 Å². The summed E-state index contributed by atoms with van der Waals surface area (Å²) in [5.74, 6) is 1.26. The highest BCUT2D eigenvalue weighted by atomic mass is 16.5. The Kier molecular flexibility index (Phi) is 7.88. The lowest BCUT2D eigenvalue weighted by molar-refractivity contribution is 0.0474. The third kappa shape index (κ3) is 5.88. The summed E-state index contributed by atoms with van der Waals surface area (Å²) in [5.41, 5.74) is 0.615. The smallest absolute Gasteiger partial charge is 0.338 e. The van der Waals surface area contributed by atoms with Crippen molar-refractivity contribution < 1.29 is 33.3 Å². The van der Waals surface area contributed by atoms with Crippen molar-refractivity contribution in [3.8, 4) is 23.0 Å². The lowest BCUT2D eigenvalue weighted by atomic mass is 10.1. The summed E-state index contributed by atoms with van der Waals surface area (Å²) in [4.78, 5) is 24.7. The summed E-state index contributed by atoms with van der Waals surface area (Å²) in [6.07, 6.45) is 0. The first-order valence-corrected chi connectivity index (χ1v) is 9.12. The Morgan fingerprint density at radius 3 is 1.97 bits per heavy atom. The lowest BCUT2D eigenvalue weighted by Gasteiger charge is -2.13. The van der Waals surface area contributed by atoms with E-state index in [0.717, 1.165) is 0 Å². The number of methoxy groups -OCH3 is 3. The van der Waals surface area contributed by atoms with Gasteiger partial charge in [0, 0.05) is 5.56 Å². The molecule has 0 radical (unpaired) electrons. The maximum atomic E-state index is 12.4. The summed E-state index contributed by atoms with van der Waals surface area (Å²) < 4.78 is 26.4. The number of esters is 1. The summed E-state index contributed by atoms with van der Waals surface area (Å²) >= 11 is 0. The van der Waals surface area contributed by atoms with Crippen molar-refractivity contribution in [1.29, 1.82) is 0 Å². The molecule has 0 heterocycles. The van der Waals surface area contributed by atoms with Gasteiger partial charge in [0.2, 0.25) is 0 Å². The van der Waals surface area contributed by atoms with E-state index < -0.39 is 12.6 Å². The van der Waals surface area contributed by atoms with Crippen molar-refractivity contribution in [3.05, 3.63) is 47.5 Å². The van der Waals surface area contributed by atoms with Gasteiger partial charge in [-0.2, -0.15) is 0 Å². The molecule has 0 aliphatic rings. The third-order valence-electron chi connectivity index (χ3n) is 4.01. The Balaban J connectivity index is 2.04. The minimum atomic E-state index is -0.632. The molecule has 0 saturated heterocycles. The van der Waals surface area contributed by atoms with Crippen LogP contribution >= 0.6 is 0 Å². The van der Waals surface area contributed by atoms with Crippen molar-refractivity contribution >= 4 is 11.8 Å². The van der Waals surface area contributed by atoms with Crippen molar-refractivity contribution in [2.24, 2.45) is 5.92 Å². The van der Waals surface area contributed by atoms with Gasteiger partial charge in [-0.3, -0.25) is 4.79 Å². The zero-order valence-corrected chi connectivity index (χ0v) is 17.3. The molecule has 0 aliphatic carbocycles. The number of rotatable bonds is 10. The normalized spacial score (nSPS) is 10.4. The fourth-order valence-electron chi connectivity index (χ4n) is 2.48. The molecule has 0 aliphatic heterocycles. The van der Waals surface area contributed by atoms with E-state index in [1.807, 2.05) is 13.8 Å². The Labute approximate surface area is 170 Å². The molecule has 0 bridgehead atoms. The number of ether oxygens (including phenoxy) is 5. The Morgan fingerprint density at radius 1 is 0.793 bits per heavy atom. The van der Waals surface area contributed by atoms with Crippen LogP contribution in [0.5, 0.6) is 23.0 Å². The van der Waals surface area contributed by atoms with Gasteiger partial charge >= 0.3 is 5.97 Å². The molecule has 0 saturated carbocycles. The second-order valence-electron chi connectivity index (χ2n) is 6.64. The Hall–Kier alpha value is -3.22. The van der Waals surface area contributed by atoms with Gasteiger partial charge in [-0.05, 0) is 42.3 Å². The van der Waals surface area contributed by atoms with Gasteiger partial charge in [0.15, 0.2) is 35.4 Å². The molecule has 29 heavy (non-hydrogen) atoms. The van der Waals surface area contributed by atoms with Gasteiger partial charge < -0.3 is 23.7 Å². The molecule has 2 aromatic carbocycles. The van der Waals surface area contributed by atoms with Crippen LogP contribution in [0.2, 0.25) is 0 Å². The van der Waals surface area contributed by atoms with Crippen LogP contribution in [0.1, 0.15) is 34.6 Å². The number of hydrogen-bond acceptors (Lipinski definition) is 7. The van der Waals surface area contributed by atoms with Crippen LogP contribution in [-0.4, -0.2) is 46.3 Å². The highest BCUT2D eigenvalue weighted by Crippen LogP contribution is 2.29. The highest BCUT2D eigenvalue weighted by Gasteiger charge is 2.16. The molecule has 0 aromatic heterocycles. The van der Waals surface area contributed by atoms with E-state index in [4.69, 9.17) is 23.7 Å². The first-order chi connectivity index (χ1) is 13.9. The van der Waals surface area contributed by atoms with Crippen molar-refractivity contribution in [2.45, 2.75) is 13.8 Å². The van der Waals surface area contributed by atoms with Gasteiger partial charge in [0.25, 0.3) is 0 Å². The number of Topliss-reactive ketones (excluding diaryl/α,β-unsaturated/α-hetero) is 1. The predicted octanol–water partition coefficient (Wildman–Crippen LogP) is 3.79. The van der Waals surface area contributed by atoms with Crippen LogP contribution in [0, 0.1) is 5.92 Å². The molecule has 2 aromatic rings. The third-order valence-corrected chi connectivity index (χ3v) is 4.01. The van der Waals surface area contributed by atoms with E-state index in [2.05, 4.69) is 0 Å². The van der Waals surface area contributed by atoms with Crippen LogP contribution in [-0.2, 0) is 4.74 Å². The fourth-order valence-corrected chi connectivity index (χ4v) is 2.48. The summed E-state index contributed by atoms with van der Waals surface area (Å²) in [5, 5.41) is 0. The number of hydrogen-bond donors (Lipinski definition) is 0. The number of benzene rings is 2. The Bertz CT molecular complexity index is 858. The van der Waals surface area contributed by atoms with E-state index in [-0.39, 0.29) is 11.3 Å². The van der Waals surface area contributed by atoms with Gasteiger partial charge in [0.1, 0.15) is 0 Å². The monoisotopic (exact) mass is 402 g/mol. The van der Waals surface area contributed by atoms with E-state index in [0.29, 0.717) is 41.1 Å². The summed E-state index contributed by atoms with van der Waals surface area (Å²) in [6.45, 7) is 4.20. The predicted molar refractivity (Wildman–Crippen MR) is 107 cm³/mol. The van der Waals surface area contributed by atoms with E-state index in [1.165, 1.54) is 27.4 Å². The zero-order chi connectivity index (χ0) is 21.4. The molecular weight excluding hydrogens is 376 g/mol. The van der Waals surface area contributed by atoms with Crippen LogP contribution in [0.3, 0.4) is 0 Å². The SMILES string of the molecule is COc1ccc(C(=O)COC(=O)c2ccc(OCC(C)C)c(OC)c2)cc1OC. The van der Waals surface area contributed by atoms with Gasteiger partial charge in [-0.15, -0.1) is 0 Å². The molecule has 0 N–H and O–H groups in total. The Morgan fingerprint density at radius 2 is 1.34 bits per heavy atom. The number of carbonyl (C=O) groups is 2. The second-order valence-corrected chi connectivity index (χ2v) is 6.64. The second kappa shape index (κ2) is 10.4. The molecule has 7 heteroatoms. The molecule has 0 amide bonds. The average molecular weight is 402 g/mol. The minimum Gasteiger partial charge on any atom is -0.493 e. The van der Waals surface area contributed by atoms with E-state index in [1.54, 1.807) is 30.3 Å². The first kappa shape index (κ1) is 22.1. The number of carbonyl (C=O) groups excluding carboxylic acids is 2. The molecular formula is C22H26O7. The molecule has 156 valence electrons. The molecule has 0 spiro atoms. The van der Waals surface area contributed by atoms with Crippen LogP contribution in [0.4, 0.5) is 0 Å². The van der Waals surface area contributed by atoms with Crippen molar-refractivity contribution in [2.75, 3.05) is 34.5 Å². The average Bonchev–Trinajstić information content (AvgIpc) is 2.74. The van der Waals surface area contributed by atoms with Gasteiger partial charge in [-0.25, -0.2) is 4.79 Å². The van der Waals surface area contributed by atoms with E-state index in [9.17, 15) is 9.59 Å². The summed E-state index contributed by atoms with van der Waals surface area (Å²) in [7, 11) is 4.48. The first-order valence-electron chi connectivity index (χ1n) is 9.12. The molecule has 0 atom stereocenters.